The molecule has 0 fully saturated rings. The third kappa shape index (κ3) is 3.20. The Labute approximate surface area is 132 Å². The summed E-state index contributed by atoms with van der Waals surface area (Å²) in [6.45, 7) is 1.96. The first-order chi connectivity index (χ1) is 10.7. The van der Waals surface area contributed by atoms with Gasteiger partial charge in [0.25, 0.3) is 0 Å². The first kappa shape index (κ1) is 14.4. The number of aromatic nitrogens is 4. The van der Waals surface area contributed by atoms with Gasteiger partial charge in [-0.1, -0.05) is 30.0 Å². The molecule has 0 saturated carbocycles. The number of nitrogens with zero attached hydrogens (tertiary/aromatic N) is 4. The number of thioether (sulfide) groups is 1. The van der Waals surface area contributed by atoms with Gasteiger partial charge in [0.05, 0.1) is 5.75 Å². The topological polar surface area (TPSA) is 64.7 Å². The fraction of sp³-hybridized carbons (Fsp3) is 0.133. The Bertz CT molecular complexity index is 766. The van der Waals surface area contributed by atoms with Crippen molar-refractivity contribution < 1.29 is 4.79 Å². The van der Waals surface area contributed by atoms with Gasteiger partial charge in [-0.25, -0.2) is 4.68 Å². The largest absolute Gasteiger partial charge is 0.325 e. The smallest absolute Gasteiger partial charge is 0.234 e. The fourth-order valence-corrected chi connectivity index (χ4v) is 2.68. The zero-order valence-electron chi connectivity index (χ0n) is 12.0. The molecule has 1 N–H and O–H groups in total. The molecule has 3 rings (SSSR count). The van der Waals surface area contributed by atoms with Crippen molar-refractivity contribution in [3.05, 3.63) is 60.7 Å². The van der Waals surface area contributed by atoms with Gasteiger partial charge in [0.15, 0.2) is 0 Å². The summed E-state index contributed by atoms with van der Waals surface area (Å²) in [5.41, 5.74) is 1.87. The van der Waals surface area contributed by atoms with Crippen molar-refractivity contribution in [3.63, 3.8) is 0 Å². The maximum atomic E-state index is 12.1. The molecule has 0 bridgehead atoms. The average Bonchev–Trinajstić information content (AvgIpc) is 3.18. The number of hydrogen-bond donors (Lipinski definition) is 1. The summed E-state index contributed by atoms with van der Waals surface area (Å²) in [5.74, 6) is 0.204. The van der Waals surface area contributed by atoms with E-state index in [0.29, 0.717) is 5.16 Å². The Hall–Kier alpha value is -2.54. The van der Waals surface area contributed by atoms with Crippen LogP contribution in [0.2, 0.25) is 0 Å². The number of rotatable bonds is 5. The van der Waals surface area contributed by atoms with E-state index in [1.165, 1.54) is 11.8 Å². The number of hydrogen-bond acceptors (Lipinski definition) is 4. The lowest BCUT2D eigenvalue weighted by atomic mass is 10.2. The Kier molecular flexibility index (Phi) is 4.24. The predicted molar refractivity (Wildman–Crippen MR) is 85.8 cm³/mol. The maximum absolute atomic E-state index is 12.1. The van der Waals surface area contributed by atoms with Crippen LogP contribution in [0.5, 0.6) is 0 Å². The molecular formula is C15H15N5OS. The van der Waals surface area contributed by atoms with Crippen LogP contribution in [0.15, 0.2) is 60.3 Å². The van der Waals surface area contributed by atoms with E-state index >= 15 is 0 Å². The van der Waals surface area contributed by atoms with Crippen LogP contribution in [-0.2, 0) is 4.79 Å². The minimum Gasteiger partial charge on any atom is -0.325 e. The van der Waals surface area contributed by atoms with Gasteiger partial charge < -0.3 is 5.32 Å². The number of aryl methyl sites for hydroxylation is 1. The maximum Gasteiger partial charge on any atom is 0.234 e. The van der Waals surface area contributed by atoms with Crippen LogP contribution in [-0.4, -0.2) is 31.2 Å². The predicted octanol–water partition coefficient (Wildman–Crippen LogP) is 2.43. The lowest BCUT2D eigenvalue weighted by Crippen LogP contribution is -2.16. The Morgan fingerprint density at radius 2 is 2.00 bits per heavy atom. The van der Waals surface area contributed by atoms with Crippen molar-refractivity contribution in [1.29, 1.82) is 0 Å². The fourth-order valence-electron chi connectivity index (χ4n) is 1.97. The highest BCUT2D eigenvalue weighted by molar-refractivity contribution is 7.99. The Morgan fingerprint density at radius 1 is 1.23 bits per heavy atom. The minimum absolute atomic E-state index is 0.0682. The first-order valence-electron chi connectivity index (χ1n) is 6.76. The van der Waals surface area contributed by atoms with E-state index in [1.54, 1.807) is 11.0 Å². The van der Waals surface area contributed by atoms with Crippen molar-refractivity contribution in [1.82, 2.24) is 19.5 Å². The van der Waals surface area contributed by atoms with Crippen LogP contribution in [0.1, 0.15) is 5.56 Å². The Morgan fingerprint density at radius 3 is 2.77 bits per heavy atom. The van der Waals surface area contributed by atoms with Crippen LogP contribution in [0.4, 0.5) is 5.69 Å². The average molecular weight is 313 g/mol. The van der Waals surface area contributed by atoms with Gasteiger partial charge in [0.1, 0.15) is 6.33 Å². The van der Waals surface area contributed by atoms with Crippen molar-refractivity contribution in [2.45, 2.75) is 12.1 Å². The van der Waals surface area contributed by atoms with E-state index in [-0.39, 0.29) is 11.7 Å². The van der Waals surface area contributed by atoms with Gasteiger partial charge in [0, 0.05) is 18.1 Å². The molecule has 6 nitrogen and oxygen atoms in total. The molecule has 0 atom stereocenters. The molecule has 3 aromatic rings. The number of anilines is 1. The summed E-state index contributed by atoms with van der Waals surface area (Å²) in [4.78, 5) is 12.1. The van der Waals surface area contributed by atoms with Gasteiger partial charge in [-0.15, -0.1) is 10.2 Å². The number of amides is 1. The standard InChI is InChI=1S/C15H15N5OS/c1-12-6-2-3-7-13(12)17-14(21)10-22-15-18-16-11-20(15)19-8-4-5-9-19/h2-9,11H,10H2,1H3,(H,17,21). The highest BCUT2D eigenvalue weighted by Crippen LogP contribution is 2.17. The molecule has 22 heavy (non-hydrogen) atoms. The Balaban J connectivity index is 1.63. The lowest BCUT2D eigenvalue weighted by molar-refractivity contribution is -0.113. The zero-order valence-corrected chi connectivity index (χ0v) is 12.8. The second-order valence-electron chi connectivity index (χ2n) is 4.67. The molecule has 1 aromatic carbocycles. The van der Waals surface area contributed by atoms with E-state index in [0.717, 1.165) is 11.3 Å². The third-order valence-corrected chi connectivity index (χ3v) is 4.02. The SMILES string of the molecule is Cc1ccccc1NC(=O)CSc1nncn1-n1cccc1. The number of nitrogens with one attached hydrogen (secondary N) is 1. The van der Waals surface area contributed by atoms with Crippen LogP contribution in [0.25, 0.3) is 0 Å². The van der Waals surface area contributed by atoms with Crippen LogP contribution >= 0.6 is 11.8 Å². The van der Waals surface area contributed by atoms with E-state index in [2.05, 4.69) is 15.5 Å². The molecular weight excluding hydrogens is 298 g/mol. The van der Waals surface area contributed by atoms with E-state index in [9.17, 15) is 4.79 Å². The molecule has 112 valence electrons. The number of para-hydroxylation sites is 1. The molecule has 0 saturated heterocycles. The molecule has 0 radical (unpaired) electrons. The summed E-state index contributed by atoms with van der Waals surface area (Å²) in [6.07, 6.45) is 5.39. The van der Waals surface area contributed by atoms with E-state index in [4.69, 9.17) is 0 Å². The number of carbonyl (C=O) groups is 1. The van der Waals surface area contributed by atoms with Gasteiger partial charge in [-0.05, 0) is 30.7 Å². The normalized spacial score (nSPS) is 10.6. The molecule has 0 aliphatic heterocycles. The highest BCUT2D eigenvalue weighted by atomic mass is 32.2. The van der Waals surface area contributed by atoms with Gasteiger partial charge in [-0.2, -0.15) is 0 Å². The van der Waals surface area contributed by atoms with E-state index < -0.39 is 0 Å². The minimum atomic E-state index is -0.0682. The quantitative estimate of drug-likeness (QED) is 0.735. The summed E-state index contributed by atoms with van der Waals surface area (Å²) >= 11 is 1.34. The summed E-state index contributed by atoms with van der Waals surface area (Å²) in [7, 11) is 0. The second-order valence-corrected chi connectivity index (χ2v) is 5.62. The number of benzene rings is 1. The van der Waals surface area contributed by atoms with Crippen LogP contribution in [0.3, 0.4) is 0 Å². The van der Waals surface area contributed by atoms with Crippen molar-refractivity contribution in [2.75, 3.05) is 11.1 Å². The monoisotopic (exact) mass is 313 g/mol. The molecule has 2 aromatic heterocycles. The molecule has 0 aliphatic rings. The van der Waals surface area contributed by atoms with Gasteiger partial charge >= 0.3 is 0 Å². The van der Waals surface area contributed by atoms with Crippen molar-refractivity contribution in [3.8, 4) is 0 Å². The van der Waals surface area contributed by atoms with E-state index in [1.807, 2.05) is 60.4 Å². The first-order valence-corrected chi connectivity index (χ1v) is 7.74. The molecule has 0 aliphatic carbocycles. The zero-order chi connectivity index (χ0) is 15.4. The van der Waals surface area contributed by atoms with Crippen LogP contribution < -0.4 is 5.32 Å². The van der Waals surface area contributed by atoms with Crippen LogP contribution in [0, 0.1) is 6.92 Å². The molecule has 7 heteroatoms. The second kappa shape index (κ2) is 6.48. The number of carbonyl (C=O) groups excluding carboxylic acids is 1. The molecule has 0 unspecified atom stereocenters. The van der Waals surface area contributed by atoms with Crippen molar-refractivity contribution in [2.24, 2.45) is 0 Å². The summed E-state index contributed by atoms with van der Waals surface area (Å²) in [6, 6.07) is 11.5. The molecule has 2 heterocycles. The van der Waals surface area contributed by atoms with Gasteiger partial charge in [-0.3, -0.25) is 9.47 Å². The highest BCUT2D eigenvalue weighted by Gasteiger charge is 2.10. The lowest BCUT2D eigenvalue weighted by Gasteiger charge is -2.09. The van der Waals surface area contributed by atoms with Crippen molar-refractivity contribution >= 4 is 23.4 Å². The summed E-state index contributed by atoms with van der Waals surface area (Å²) in [5, 5.41) is 11.5. The molecule has 0 spiro atoms. The third-order valence-electron chi connectivity index (χ3n) is 3.09. The molecule has 1 amide bonds. The summed E-state index contributed by atoms with van der Waals surface area (Å²) < 4.78 is 3.63. The van der Waals surface area contributed by atoms with Gasteiger partial charge in [0.2, 0.25) is 11.1 Å².